The molecule has 2 aromatic rings. The number of phenolic OH excluding ortho intramolecular Hbond substituents is 1. The minimum atomic E-state index is -0.936. The summed E-state index contributed by atoms with van der Waals surface area (Å²) >= 11 is 0. The van der Waals surface area contributed by atoms with Crippen molar-refractivity contribution in [1.82, 2.24) is 5.32 Å². The molecule has 0 heterocycles. The number of hydrogen-bond acceptors (Lipinski definition) is 5. The van der Waals surface area contributed by atoms with Crippen LogP contribution in [0.2, 0.25) is 0 Å². The van der Waals surface area contributed by atoms with Crippen LogP contribution in [0.1, 0.15) is 30.1 Å². The predicted molar refractivity (Wildman–Crippen MR) is 90.8 cm³/mol. The summed E-state index contributed by atoms with van der Waals surface area (Å²) in [5.74, 6) is -1.36. The molecule has 1 aliphatic carbocycles. The average Bonchev–Trinajstić information content (AvgIpc) is 3.46. The largest absolute Gasteiger partial charge is 0.506 e. The lowest BCUT2D eigenvalue weighted by Gasteiger charge is -2.22. The van der Waals surface area contributed by atoms with E-state index in [4.69, 9.17) is 4.74 Å². The van der Waals surface area contributed by atoms with Crippen LogP contribution < -0.4 is 5.32 Å². The van der Waals surface area contributed by atoms with Crippen LogP contribution >= 0.6 is 0 Å². The summed E-state index contributed by atoms with van der Waals surface area (Å²) in [6, 6.07) is 12.4. The third kappa shape index (κ3) is 3.41. The smallest absolute Gasteiger partial charge is 0.342 e. The van der Waals surface area contributed by atoms with E-state index in [1.807, 2.05) is 12.1 Å². The van der Waals surface area contributed by atoms with Gasteiger partial charge >= 0.3 is 5.97 Å². The van der Waals surface area contributed by atoms with E-state index in [-0.39, 0.29) is 17.2 Å². The average molecular weight is 338 g/mol. The molecule has 0 spiro atoms. The van der Waals surface area contributed by atoms with Crippen molar-refractivity contribution < 1.29 is 19.4 Å². The first kappa shape index (κ1) is 16.8. The lowest BCUT2D eigenvalue weighted by molar-refractivity contribution is -0.125. The van der Waals surface area contributed by atoms with E-state index in [9.17, 15) is 20.0 Å². The molecule has 2 aromatic carbocycles. The Morgan fingerprint density at radius 2 is 2.04 bits per heavy atom. The second kappa shape index (κ2) is 6.44. The molecule has 6 heteroatoms. The zero-order chi connectivity index (χ0) is 18.0. The van der Waals surface area contributed by atoms with Crippen LogP contribution in [0.4, 0.5) is 0 Å². The Balaban J connectivity index is 1.66. The minimum absolute atomic E-state index is 0.00302. The van der Waals surface area contributed by atoms with Gasteiger partial charge in [-0.15, -0.1) is 0 Å². The van der Waals surface area contributed by atoms with Crippen LogP contribution in [0.25, 0.3) is 10.8 Å². The first-order valence-corrected chi connectivity index (χ1v) is 8.05. The molecule has 1 fully saturated rings. The first-order chi connectivity index (χ1) is 11.9. The SMILES string of the molecule is C[C@@](C#N)(NC(=O)COC(=O)c1ccc2ccccc2c1O)C1CC1. The fourth-order valence-corrected chi connectivity index (χ4v) is 2.84. The predicted octanol–water partition coefficient (Wildman–Crippen LogP) is 2.51. The van der Waals surface area contributed by atoms with Gasteiger partial charge < -0.3 is 15.2 Å². The third-order valence-electron chi connectivity index (χ3n) is 4.48. The van der Waals surface area contributed by atoms with E-state index in [1.165, 1.54) is 6.07 Å². The van der Waals surface area contributed by atoms with Crippen LogP contribution in [-0.4, -0.2) is 29.1 Å². The van der Waals surface area contributed by atoms with E-state index < -0.39 is 24.0 Å². The number of nitrogens with one attached hydrogen (secondary N) is 1. The van der Waals surface area contributed by atoms with E-state index >= 15 is 0 Å². The lowest BCUT2D eigenvalue weighted by atomic mass is 9.98. The topological polar surface area (TPSA) is 99.4 Å². The van der Waals surface area contributed by atoms with Crippen molar-refractivity contribution in [1.29, 1.82) is 5.26 Å². The van der Waals surface area contributed by atoms with E-state index in [0.717, 1.165) is 18.2 Å². The third-order valence-corrected chi connectivity index (χ3v) is 4.48. The van der Waals surface area contributed by atoms with Gasteiger partial charge in [-0.25, -0.2) is 4.79 Å². The number of nitriles is 1. The zero-order valence-corrected chi connectivity index (χ0v) is 13.8. The highest BCUT2D eigenvalue weighted by Gasteiger charge is 2.43. The number of hydrogen-bond donors (Lipinski definition) is 2. The molecule has 1 saturated carbocycles. The van der Waals surface area contributed by atoms with E-state index in [1.54, 1.807) is 25.1 Å². The van der Waals surface area contributed by atoms with Gasteiger partial charge in [-0.2, -0.15) is 5.26 Å². The van der Waals surface area contributed by atoms with Gasteiger partial charge in [0, 0.05) is 5.39 Å². The summed E-state index contributed by atoms with van der Waals surface area (Å²) < 4.78 is 4.99. The lowest BCUT2D eigenvalue weighted by Crippen LogP contribution is -2.48. The molecule has 2 N–H and O–H groups in total. The molecule has 0 aromatic heterocycles. The maximum atomic E-state index is 12.2. The molecule has 1 amide bonds. The van der Waals surface area contributed by atoms with Gasteiger partial charge in [0.25, 0.3) is 5.91 Å². The Bertz CT molecular complexity index is 883. The summed E-state index contributed by atoms with van der Waals surface area (Å²) in [6.07, 6.45) is 1.80. The highest BCUT2D eigenvalue weighted by molar-refractivity contribution is 6.01. The van der Waals surface area contributed by atoms with Crippen LogP contribution in [0.3, 0.4) is 0 Å². The Morgan fingerprint density at radius 1 is 1.32 bits per heavy atom. The van der Waals surface area contributed by atoms with Crippen LogP contribution in [0, 0.1) is 17.2 Å². The first-order valence-electron chi connectivity index (χ1n) is 8.05. The number of aromatic hydroxyl groups is 1. The van der Waals surface area contributed by atoms with Gasteiger partial charge in [-0.1, -0.05) is 30.3 Å². The van der Waals surface area contributed by atoms with Crippen LogP contribution in [-0.2, 0) is 9.53 Å². The minimum Gasteiger partial charge on any atom is -0.506 e. The van der Waals surface area contributed by atoms with Crippen LogP contribution in [0.15, 0.2) is 36.4 Å². The van der Waals surface area contributed by atoms with Crippen molar-refractivity contribution in [2.24, 2.45) is 5.92 Å². The Hall–Kier alpha value is -3.07. The number of carbonyl (C=O) groups excluding carboxylic acids is 2. The summed E-state index contributed by atoms with van der Waals surface area (Å²) in [5.41, 5.74) is -0.939. The van der Waals surface area contributed by atoms with Crippen molar-refractivity contribution >= 4 is 22.6 Å². The fraction of sp³-hybridized carbons (Fsp3) is 0.316. The van der Waals surface area contributed by atoms with Gasteiger partial charge in [0.1, 0.15) is 16.9 Å². The van der Waals surface area contributed by atoms with Crippen molar-refractivity contribution in [3.05, 3.63) is 42.0 Å². The van der Waals surface area contributed by atoms with Crippen LogP contribution in [0.5, 0.6) is 5.75 Å². The van der Waals surface area contributed by atoms with Gasteiger partial charge in [-0.05, 0) is 37.1 Å². The molecule has 6 nitrogen and oxygen atoms in total. The highest BCUT2D eigenvalue weighted by atomic mass is 16.5. The number of rotatable bonds is 5. The molecule has 1 aliphatic rings. The fourth-order valence-electron chi connectivity index (χ4n) is 2.84. The molecular weight excluding hydrogens is 320 g/mol. The van der Waals surface area contributed by atoms with Gasteiger partial charge in [0.2, 0.25) is 0 Å². The van der Waals surface area contributed by atoms with Gasteiger partial charge in [-0.3, -0.25) is 4.79 Å². The number of carbonyl (C=O) groups is 2. The van der Waals surface area contributed by atoms with Crippen molar-refractivity contribution in [2.75, 3.05) is 6.61 Å². The molecule has 25 heavy (non-hydrogen) atoms. The molecule has 0 radical (unpaired) electrons. The molecule has 1 atom stereocenters. The molecular formula is C19H18N2O4. The Morgan fingerprint density at radius 3 is 2.72 bits per heavy atom. The molecule has 0 unspecified atom stereocenters. The second-order valence-corrected chi connectivity index (χ2v) is 6.40. The van der Waals surface area contributed by atoms with Crippen molar-refractivity contribution in [3.63, 3.8) is 0 Å². The Labute approximate surface area is 145 Å². The maximum Gasteiger partial charge on any atom is 0.342 e. The molecule has 0 aliphatic heterocycles. The molecule has 128 valence electrons. The number of phenols is 1. The Kier molecular flexibility index (Phi) is 4.32. The van der Waals surface area contributed by atoms with Crippen molar-refractivity contribution in [3.8, 4) is 11.8 Å². The highest BCUT2D eigenvalue weighted by Crippen LogP contribution is 2.39. The van der Waals surface area contributed by atoms with E-state index in [0.29, 0.717) is 5.39 Å². The number of ether oxygens (including phenoxy) is 1. The quantitative estimate of drug-likeness (QED) is 0.816. The molecule has 0 saturated heterocycles. The van der Waals surface area contributed by atoms with E-state index in [2.05, 4.69) is 11.4 Å². The maximum absolute atomic E-state index is 12.2. The number of fused-ring (bicyclic) bond motifs is 1. The number of esters is 1. The molecule has 3 rings (SSSR count). The zero-order valence-electron chi connectivity index (χ0n) is 13.8. The van der Waals surface area contributed by atoms with Gasteiger partial charge in [0.05, 0.1) is 6.07 Å². The standard InChI is InChI=1S/C19H18N2O4/c1-19(11-20,13-7-8-13)21-16(22)10-25-18(24)15-9-6-12-4-2-3-5-14(12)17(15)23/h2-6,9,13,23H,7-8,10H2,1H3,(H,21,22)/t19-/m0/s1. The number of nitrogens with zero attached hydrogens (tertiary/aromatic N) is 1. The van der Waals surface area contributed by atoms with Gasteiger partial charge in [0.15, 0.2) is 6.61 Å². The summed E-state index contributed by atoms with van der Waals surface area (Å²) in [4.78, 5) is 24.1. The number of benzene rings is 2. The summed E-state index contributed by atoms with van der Waals surface area (Å²) in [6.45, 7) is 1.16. The second-order valence-electron chi connectivity index (χ2n) is 6.40. The normalized spacial score (nSPS) is 15.8. The van der Waals surface area contributed by atoms with Crippen molar-refractivity contribution in [2.45, 2.75) is 25.3 Å². The monoisotopic (exact) mass is 338 g/mol. The summed E-state index contributed by atoms with van der Waals surface area (Å²) in [5, 5.41) is 23.4. The summed E-state index contributed by atoms with van der Waals surface area (Å²) in [7, 11) is 0. The number of amides is 1. The molecule has 0 bridgehead atoms.